The van der Waals surface area contributed by atoms with Gasteiger partial charge in [0.25, 0.3) is 21.6 Å². The van der Waals surface area contributed by atoms with Crippen LogP contribution in [0.2, 0.25) is 23.2 Å². The fraction of sp³-hybridized carbons (Fsp3) is 0.345. The first-order chi connectivity index (χ1) is 19.1. The molecular weight excluding hydrogens is 582 g/mol. The maximum atomic E-state index is 13.7. The molecule has 1 amide bonds. The third-order valence-electron chi connectivity index (χ3n) is 7.79. The molecule has 3 aromatic carbocycles. The van der Waals surface area contributed by atoms with Gasteiger partial charge in [0.05, 0.1) is 32.8 Å². The highest BCUT2D eigenvalue weighted by atomic mass is 35.5. The molecule has 0 unspecified atom stereocenters. The van der Waals surface area contributed by atoms with Crippen LogP contribution in [0.4, 0.5) is 17.1 Å². The number of hydrogen-bond donors (Lipinski definition) is 1. The molecule has 0 bridgehead atoms. The van der Waals surface area contributed by atoms with Crippen molar-refractivity contribution in [2.24, 2.45) is 0 Å². The zero-order valence-corrected chi connectivity index (χ0v) is 26.3. The smallest absolute Gasteiger partial charge is 0.282 e. The van der Waals surface area contributed by atoms with Crippen molar-refractivity contribution >= 4 is 52.9 Å². The number of halogens is 1. The van der Waals surface area contributed by atoms with Crippen LogP contribution in [0.5, 0.6) is 0 Å². The Labute approximate surface area is 246 Å². The summed E-state index contributed by atoms with van der Waals surface area (Å²) in [6, 6.07) is 15.8. The number of sulfonamides is 1. The van der Waals surface area contributed by atoms with E-state index in [1.54, 1.807) is 18.2 Å². The summed E-state index contributed by atoms with van der Waals surface area (Å²) in [4.78, 5) is 24.8. The maximum absolute atomic E-state index is 13.7. The molecule has 0 radical (unpaired) electrons. The van der Waals surface area contributed by atoms with Gasteiger partial charge in [0.1, 0.15) is 5.56 Å². The van der Waals surface area contributed by atoms with Gasteiger partial charge in [0.2, 0.25) is 0 Å². The molecule has 41 heavy (non-hydrogen) atoms. The van der Waals surface area contributed by atoms with Crippen LogP contribution >= 0.6 is 11.6 Å². The van der Waals surface area contributed by atoms with E-state index in [-0.39, 0.29) is 38.5 Å². The van der Waals surface area contributed by atoms with Gasteiger partial charge in [-0.3, -0.25) is 19.2 Å². The second-order valence-corrected chi connectivity index (χ2v) is 18.6. The van der Waals surface area contributed by atoms with Gasteiger partial charge in [-0.25, -0.2) is 8.42 Å². The average molecular weight is 616 g/mol. The lowest BCUT2D eigenvalue weighted by Crippen LogP contribution is -2.40. The van der Waals surface area contributed by atoms with Crippen LogP contribution in [0.25, 0.3) is 0 Å². The molecule has 4 rings (SSSR count). The number of fused-ring (bicyclic) bond motifs is 1. The van der Waals surface area contributed by atoms with Crippen molar-refractivity contribution < 1.29 is 22.6 Å². The summed E-state index contributed by atoms with van der Waals surface area (Å²) in [6.07, 6.45) is 1.45. The number of rotatable bonds is 8. The van der Waals surface area contributed by atoms with Crippen molar-refractivity contribution in [1.29, 1.82) is 0 Å². The number of benzene rings is 3. The van der Waals surface area contributed by atoms with Gasteiger partial charge in [-0.15, -0.1) is 0 Å². The average Bonchev–Trinajstić information content (AvgIpc) is 2.91. The molecule has 1 heterocycles. The SMILES string of the molecule is CC(C)(C)[Si](C)(C)OCc1cccc([N+](=O)[O-])c1C(=O)Nc1cc(S(=O)(=O)N2CCCc3ccccc32)ccc1Cl. The number of nitrogens with zero attached hydrogens (tertiary/aromatic N) is 2. The van der Waals surface area contributed by atoms with E-state index in [9.17, 15) is 23.3 Å². The topological polar surface area (TPSA) is 119 Å². The van der Waals surface area contributed by atoms with E-state index < -0.39 is 29.2 Å². The van der Waals surface area contributed by atoms with E-state index in [0.717, 1.165) is 12.0 Å². The number of hydrogen-bond acceptors (Lipinski definition) is 6. The summed E-state index contributed by atoms with van der Waals surface area (Å²) in [5, 5.41) is 14.5. The lowest BCUT2D eigenvalue weighted by Gasteiger charge is -2.36. The van der Waals surface area contributed by atoms with Crippen molar-refractivity contribution in [3.05, 3.63) is 92.5 Å². The van der Waals surface area contributed by atoms with Crippen LogP contribution in [-0.4, -0.2) is 34.1 Å². The first-order valence-corrected chi connectivity index (χ1v) is 18.0. The van der Waals surface area contributed by atoms with Crippen molar-refractivity contribution in [3.63, 3.8) is 0 Å². The second kappa shape index (κ2) is 11.6. The Morgan fingerprint density at radius 3 is 2.51 bits per heavy atom. The first-order valence-electron chi connectivity index (χ1n) is 13.3. The van der Waals surface area contributed by atoms with Gasteiger partial charge in [-0.2, -0.15) is 0 Å². The van der Waals surface area contributed by atoms with Crippen LogP contribution < -0.4 is 9.62 Å². The number of amides is 1. The van der Waals surface area contributed by atoms with Gasteiger partial charge >= 0.3 is 0 Å². The summed E-state index contributed by atoms with van der Waals surface area (Å²) >= 11 is 6.38. The molecule has 218 valence electrons. The molecule has 1 aliphatic rings. The zero-order chi connectivity index (χ0) is 30.2. The van der Waals surface area contributed by atoms with Crippen LogP contribution in [0.15, 0.2) is 65.6 Å². The number of aryl methyl sites for hydroxylation is 1. The molecule has 0 saturated carbocycles. The van der Waals surface area contributed by atoms with Gasteiger partial charge in [-0.1, -0.05) is 62.7 Å². The Hall–Kier alpha value is -3.25. The summed E-state index contributed by atoms with van der Waals surface area (Å²) in [7, 11) is -6.22. The summed E-state index contributed by atoms with van der Waals surface area (Å²) < 4.78 is 35.0. The molecular formula is C29H34ClN3O6SSi. The zero-order valence-electron chi connectivity index (χ0n) is 23.7. The van der Waals surface area contributed by atoms with Crippen molar-refractivity contribution in [3.8, 4) is 0 Å². The fourth-order valence-corrected chi connectivity index (χ4v) is 7.10. The molecule has 0 spiro atoms. The van der Waals surface area contributed by atoms with E-state index in [2.05, 4.69) is 39.2 Å². The lowest BCUT2D eigenvalue weighted by molar-refractivity contribution is -0.385. The quantitative estimate of drug-likeness (QED) is 0.163. The second-order valence-electron chi connectivity index (χ2n) is 11.5. The standard InChI is InChI=1S/C29H34ClN3O6SSi/c1-29(2,3)41(4,5)39-19-21-11-8-14-26(33(35)36)27(21)28(34)31-24-18-22(15-16-23(24)30)40(37,38)32-17-9-12-20-10-6-7-13-25(20)32/h6-8,10-11,13-16,18H,9,12,17,19H2,1-5H3,(H,31,34). The molecule has 3 aromatic rings. The minimum Gasteiger partial charge on any atom is -0.413 e. The summed E-state index contributed by atoms with van der Waals surface area (Å²) in [5.74, 6) is -0.786. The van der Waals surface area contributed by atoms with Crippen LogP contribution in [0, 0.1) is 10.1 Å². The van der Waals surface area contributed by atoms with Gasteiger partial charge in [0.15, 0.2) is 8.32 Å². The van der Waals surface area contributed by atoms with E-state index in [1.807, 2.05) is 12.1 Å². The number of anilines is 2. The van der Waals surface area contributed by atoms with Crippen molar-refractivity contribution in [1.82, 2.24) is 0 Å². The molecule has 12 heteroatoms. The van der Waals surface area contributed by atoms with Crippen LogP contribution in [0.3, 0.4) is 0 Å². The molecule has 1 N–H and O–H groups in total. The Morgan fingerprint density at radius 1 is 1.12 bits per heavy atom. The van der Waals surface area contributed by atoms with Crippen LogP contribution in [-0.2, 0) is 27.5 Å². The van der Waals surface area contributed by atoms with Gasteiger partial charge in [-0.05, 0) is 66.4 Å². The van der Waals surface area contributed by atoms with E-state index in [0.29, 0.717) is 24.2 Å². The number of nitro benzene ring substituents is 1. The highest BCUT2D eigenvalue weighted by Gasteiger charge is 2.38. The van der Waals surface area contributed by atoms with Gasteiger partial charge in [0, 0.05) is 12.6 Å². The Bertz CT molecular complexity index is 1600. The number of nitrogens with one attached hydrogen (secondary N) is 1. The first kappa shape index (κ1) is 30.7. The normalized spacial score (nSPS) is 14.0. The molecule has 0 aromatic heterocycles. The largest absolute Gasteiger partial charge is 0.413 e. The minimum absolute atomic E-state index is 0.0114. The Morgan fingerprint density at radius 2 is 1.83 bits per heavy atom. The van der Waals surface area contributed by atoms with E-state index in [1.165, 1.54) is 34.6 Å². The summed E-state index contributed by atoms with van der Waals surface area (Å²) in [6.45, 7) is 10.7. The molecule has 0 fully saturated rings. The van der Waals surface area contributed by atoms with Gasteiger partial charge < -0.3 is 9.74 Å². The Kier molecular flexibility index (Phi) is 8.65. The predicted octanol–water partition coefficient (Wildman–Crippen LogP) is 7.16. The molecule has 0 saturated heterocycles. The number of para-hydroxylation sites is 1. The van der Waals surface area contributed by atoms with Crippen molar-refractivity contribution in [2.45, 2.75) is 63.2 Å². The molecule has 0 aliphatic carbocycles. The third-order valence-corrected chi connectivity index (χ3v) is 14.4. The lowest BCUT2D eigenvalue weighted by atomic mass is 10.0. The number of nitro groups is 1. The van der Waals surface area contributed by atoms with Crippen LogP contribution in [0.1, 0.15) is 48.7 Å². The molecule has 0 atom stereocenters. The number of carbonyl (C=O) groups is 1. The van der Waals surface area contributed by atoms with E-state index in [4.69, 9.17) is 16.0 Å². The monoisotopic (exact) mass is 615 g/mol. The number of carbonyl (C=O) groups excluding carboxylic acids is 1. The highest BCUT2D eigenvalue weighted by molar-refractivity contribution is 7.92. The minimum atomic E-state index is -3.98. The third kappa shape index (κ3) is 6.33. The van der Waals surface area contributed by atoms with E-state index >= 15 is 0 Å². The fourth-order valence-electron chi connectivity index (χ4n) is 4.42. The maximum Gasteiger partial charge on any atom is 0.282 e. The summed E-state index contributed by atoms with van der Waals surface area (Å²) in [5.41, 5.74) is 1.39. The highest BCUT2D eigenvalue weighted by Crippen LogP contribution is 2.38. The molecule has 9 nitrogen and oxygen atoms in total. The van der Waals surface area contributed by atoms with Crippen molar-refractivity contribution in [2.75, 3.05) is 16.2 Å². The Balaban J connectivity index is 1.68. The predicted molar refractivity (Wildman–Crippen MR) is 164 cm³/mol. The molecule has 1 aliphatic heterocycles.